The summed E-state index contributed by atoms with van der Waals surface area (Å²) in [7, 11) is 0. The molecule has 0 aromatic heterocycles. The lowest BCUT2D eigenvalue weighted by atomic mass is 10.8. The van der Waals surface area contributed by atoms with Crippen molar-refractivity contribution in [1.82, 2.24) is 0 Å². The van der Waals surface area contributed by atoms with E-state index >= 15 is 0 Å². The van der Waals surface area contributed by atoms with Crippen molar-refractivity contribution < 1.29 is 5.11 Å². The van der Waals surface area contributed by atoms with Crippen LogP contribution in [0.5, 0.6) is 0 Å². The molecule has 0 saturated carbocycles. The first-order valence-corrected chi connectivity index (χ1v) is 4.24. The molecule has 0 aliphatic heterocycles. The van der Waals surface area contributed by atoms with E-state index in [0.29, 0.717) is 0 Å². The predicted molar refractivity (Wildman–Crippen MR) is 42.5 cm³/mol. The Morgan fingerprint density at radius 1 is 1.75 bits per heavy atom. The fraction of sp³-hybridized carbons (Fsp3) is 0.600. The minimum atomic E-state index is 0.255. The summed E-state index contributed by atoms with van der Waals surface area (Å²) in [5.74, 6) is 1.69. The Hall–Kier alpha value is 0.530. The van der Waals surface area contributed by atoms with Crippen molar-refractivity contribution in [2.45, 2.75) is 0 Å². The van der Waals surface area contributed by atoms with Crippen LogP contribution in [-0.4, -0.2) is 23.2 Å². The second-order valence-corrected chi connectivity index (χ2v) is 3.52. The third-order valence-corrected chi connectivity index (χ3v) is 2.17. The SMILES string of the molecule is C=C(Br)CSCCO. The summed E-state index contributed by atoms with van der Waals surface area (Å²) in [4.78, 5) is 0. The molecule has 0 amide bonds. The van der Waals surface area contributed by atoms with Gasteiger partial charge in [0, 0.05) is 11.5 Å². The van der Waals surface area contributed by atoms with E-state index in [9.17, 15) is 0 Å². The smallest absolute Gasteiger partial charge is 0.0521 e. The molecular weight excluding hydrogens is 188 g/mol. The fourth-order valence-corrected chi connectivity index (χ4v) is 1.23. The van der Waals surface area contributed by atoms with E-state index in [1.165, 1.54) is 0 Å². The Morgan fingerprint density at radius 3 is 2.75 bits per heavy atom. The third-order valence-electron chi connectivity index (χ3n) is 0.494. The lowest BCUT2D eigenvalue weighted by Crippen LogP contribution is -1.86. The van der Waals surface area contributed by atoms with Crippen LogP contribution in [0.15, 0.2) is 11.1 Å². The van der Waals surface area contributed by atoms with Crippen molar-refractivity contribution in [2.24, 2.45) is 0 Å². The Bertz CT molecular complexity index is 74.8. The van der Waals surface area contributed by atoms with Gasteiger partial charge in [0.15, 0.2) is 0 Å². The zero-order valence-corrected chi connectivity index (χ0v) is 6.96. The van der Waals surface area contributed by atoms with Crippen molar-refractivity contribution in [1.29, 1.82) is 0 Å². The molecule has 0 aliphatic rings. The second-order valence-electron chi connectivity index (χ2n) is 1.29. The van der Waals surface area contributed by atoms with Crippen LogP contribution >= 0.6 is 27.7 Å². The number of aliphatic hydroxyl groups is 1. The molecule has 1 nitrogen and oxygen atoms in total. The lowest BCUT2D eigenvalue weighted by molar-refractivity contribution is 0.322. The molecule has 0 aliphatic carbocycles. The number of halogens is 1. The van der Waals surface area contributed by atoms with E-state index in [4.69, 9.17) is 5.11 Å². The van der Waals surface area contributed by atoms with E-state index in [-0.39, 0.29) is 6.61 Å². The van der Waals surface area contributed by atoms with Crippen molar-refractivity contribution in [2.75, 3.05) is 18.1 Å². The van der Waals surface area contributed by atoms with Gasteiger partial charge in [-0.3, -0.25) is 0 Å². The van der Waals surface area contributed by atoms with Crippen LogP contribution in [-0.2, 0) is 0 Å². The van der Waals surface area contributed by atoms with Gasteiger partial charge in [-0.15, -0.1) is 0 Å². The largest absolute Gasteiger partial charge is 0.396 e. The van der Waals surface area contributed by atoms with Gasteiger partial charge in [0.2, 0.25) is 0 Å². The van der Waals surface area contributed by atoms with Gasteiger partial charge in [-0.1, -0.05) is 22.5 Å². The maximum atomic E-state index is 8.31. The lowest BCUT2D eigenvalue weighted by Gasteiger charge is -1.93. The van der Waals surface area contributed by atoms with E-state index in [1.807, 2.05) is 0 Å². The first kappa shape index (κ1) is 8.53. The van der Waals surface area contributed by atoms with Crippen molar-refractivity contribution in [3.8, 4) is 0 Å². The molecule has 0 aromatic rings. The highest BCUT2D eigenvalue weighted by molar-refractivity contribution is 9.11. The summed E-state index contributed by atoms with van der Waals surface area (Å²) in [5, 5.41) is 8.31. The first-order chi connectivity index (χ1) is 3.77. The van der Waals surface area contributed by atoms with Gasteiger partial charge in [-0.2, -0.15) is 11.8 Å². The van der Waals surface area contributed by atoms with Gasteiger partial charge in [0.25, 0.3) is 0 Å². The summed E-state index contributed by atoms with van der Waals surface area (Å²) in [5.41, 5.74) is 0. The van der Waals surface area contributed by atoms with Crippen molar-refractivity contribution >= 4 is 27.7 Å². The van der Waals surface area contributed by atoms with Gasteiger partial charge in [0.1, 0.15) is 0 Å². The number of rotatable bonds is 4. The van der Waals surface area contributed by atoms with Crippen LogP contribution in [0.25, 0.3) is 0 Å². The van der Waals surface area contributed by atoms with E-state index < -0.39 is 0 Å². The third kappa shape index (κ3) is 6.53. The van der Waals surface area contributed by atoms with Crippen LogP contribution in [0, 0.1) is 0 Å². The maximum absolute atomic E-state index is 8.31. The minimum absolute atomic E-state index is 0.255. The monoisotopic (exact) mass is 196 g/mol. The highest BCUT2D eigenvalue weighted by atomic mass is 79.9. The van der Waals surface area contributed by atoms with Crippen LogP contribution < -0.4 is 0 Å². The number of aliphatic hydroxyl groups excluding tert-OH is 1. The summed E-state index contributed by atoms with van der Waals surface area (Å²) < 4.78 is 0.982. The Balaban J connectivity index is 2.82. The molecular formula is C5H9BrOS. The molecule has 0 atom stereocenters. The summed E-state index contributed by atoms with van der Waals surface area (Å²) in [6, 6.07) is 0. The summed E-state index contributed by atoms with van der Waals surface area (Å²) in [6.45, 7) is 3.90. The van der Waals surface area contributed by atoms with Crippen LogP contribution in [0.3, 0.4) is 0 Å². The molecule has 0 rings (SSSR count). The second kappa shape index (κ2) is 5.66. The number of hydrogen-bond donors (Lipinski definition) is 1. The molecule has 0 spiro atoms. The maximum Gasteiger partial charge on any atom is 0.0521 e. The summed E-state index contributed by atoms with van der Waals surface area (Å²) >= 11 is 4.87. The Labute approximate surface area is 62.3 Å². The van der Waals surface area contributed by atoms with Crippen molar-refractivity contribution in [3.63, 3.8) is 0 Å². The molecule has 0 radical (unpaired) electrons. The Morgan fingerprint density at radius 2 is 2.38 bits per heavy atom. The van der Waals surface area contributed by atoms with Crippen LogP contribution in [0.4, 0.5) is 0 Å². The summed E-state index contributed by atoms with van der Waals surface area (Å²) in [6.07, 6.45) is 0. The van der Waals surface area contributed by atoms with Crippen LogP contribution in [0.1, 0.15) is 0 Å². The Kier molecular flexibility index (Phi) is 6.04. The average molecular weight is 197 g/mol. The highest BCUT2D eigenvalue weighted by Crippen LogP contribution is 2.09. The predicted octanol–water partition coefficient (Wildman–Crippen LogP) is 1.62. The highest BCUT2D eigenvalue weighted by Gasteiger charge is 1.86. The van der Waals surface area contributed by atoms with E-state index in [2.05, 4.69) is 22.5 Å². The van der Waals surface area contributed by atoms with Gasteiger partial charge in [0.05, 0.1) is 6.61 Å². The molecule has 48 valence electrons. The molecule has 0 bridgehead atoms. The van der Waals surface area contributed by atoms with E-state index in [1.54, 1.807) is 11.8 Å². The standard InChI is InChI=1S/C5H9BrOS/c1-5(6)4-8-3-2-7/h7H,1-4H2. The average Bonchev–Trinajstić information content (AvgIpc) is 1.66. The molecule has 0 unspecified atom stereocenters. The molecule has 0 saturated heterocycles. The molecule has 1 N–H and O–H groups in total. The number of hydrogen-bond acceptors (Lipinski definition) is 2. The zero-order valence-electron chi connectivity index (χ0n) is 4.56. The van der Waals surface area contributed by atoms with Crippen LogP contribution in [0.2, 0.25) is 0 Å². The topological polar surface area (TPSA) is 20.2 Å². The van der Waals surface area contributed by atoms with Gasteiger partial charge < -0.3 is 5.11 Å². The first-order valence-electron chi connectivity index (χ1n) is 2.29. The fourth-order valence-electron chi connectivity index (χ4n) is 0.247. The molecule has 0 aromatic carbocycles. The van der Waals surface area contributed by atoms with Gasteiger partial charge in [-0.05, 0) is 4.48 Å². The molecule has 3 heteroatoms. The van der Waals surface area contributed by atoms with Gasteiger partial charge in [-0.25, -0.2) is 0 Å². The van der Waals surface area contributed by atoms with Gasteiger partial charge >= 0.3 is 0 Å². The molecule has 0 fully saturated rings. The van der Waals surface area contributed by atoms with Crippen molar-refractivity contribution in [3.05, 3.63) is 11.1 Å². The normalized spacial score (nSPS) is 9.25. The molecule has 8 heavy (non-hydrogen) atoms. The number of thioether (sulfide) groups is 1. The zero-order chi connectivity index (χ0) is 6.41. The quantitative estimate of drug-likeness (QED) is 0.691. The minimum Gasteiger partial charge on any atom is -0.396 e. The molecule has 0 heterocycles. The van der Waals surface area contributed by atoms with E-state index in [0.717, 1.165) is 16.0 Å².